The lowest BCUT2D eigenvalue weighted by molar-refractivity contribution is -0.930. The number of hydrogen-bond acceptors (Lipinski definition) is 6. The molecular formula is C15H20N3O4S+. The maximum absolute atomic E-state index is 11.9. The number of piperidine rings is 1. The predicted octanol–water partition coefficient (Wildman–Crippen LogP) is 1.28. The molecular weight excluding hydrogens is 318 g/mol. The molecule has 2 atom stereocenters. The molecule has 3 rings (SSSR count). The van der Waals surface area contributed by atoms with Crippen molar-refractivity contribution in [3.8, 4) is 11.7 Å². The molecule has 1 unspecified atom stereocenters. The van der Waals surface area contributed by atoms with Crippen molar-refractivity contribution < 1.29 is 23.3 Å². The zero-order valence-electron chi connectivity index (χ0n) is 13.0. The Balaban J connectivity index is 1.67. The normalized spacial score (nSPS) is 21.3. The molecule has 2 aromatic heterocycles. The molecule has 7 nitrogen and oxygen atoms in total. The quantitative estimate of drug-likeness (QED) is 0.654. The number of ether oxygens (including phenoxy) is 1. The van der Waals surface area contributed by atoms with Crippen LogP contribution >= 0.6 is 12.2 Å². The minimum atomic E-state index is -0.107. The molecule has 1 N–H and O–H groups in total. The molecule has 0 saturated carbocycles. The number of carbonyl (C=O) groups is 1. The molecule has 8 heteroatoms. The van der Waals surface area contributed by atoms with Gasteiger partial charge in [-0.25, -0.2) is 0 Å². The van der Waals surface area contributed by atoms with Gasteiger partial charge in [-0.05, 0) is 44.1 Å². The van der Waals surface area contributed by atoms with E-state index in [1.807, 2.05) is 6.92 Å². The van der Waals surface area contributed by atoms with Gasteiger partial charge in [0.05, 0.1) is 26.0 Å². The van der Waals surface area contributed by atoms with Gasteiger partial charge in [0.15, 0.2) is 12.4 Å². The van der Waals surface area contributed by atoms with Gasteiger partial charge < -0.3 is 18.5 Å². The van der Waals surface area contributed by atoms with Crippen LogP contribution in [0.3, 0.4) is 0 Å². The number of rotatable bonds is 5. The Hall–Kier alpha value is -1.93. The third-order valence-electron chi connectivity index (χ3n) is 3.95. The van der Waals surface area contributed by atoms with Crippen LogP contribution in [0.4, 0.5) is 0 Å². The Morgan fingerprint density at radius 2 is 2.48 bits per heavy atom. The van der Waals surface area contributed by atoms with Crippen molar-refractivity contribution in [2.75, 3.05) is 19.7 Å². The van der Waals surface area contributed by atoms with Crippen LogP contribution in [-0.4, -0.2) is 35.4 Å². The number of nitrogens with one attached hydrogen (secondary N) is 1. The smallest absolute Gasteiger partial charge is 0.314 e. The third-order valence-corrected chi connectivity index (χ3v) is 4.24. The fourth-order valence-electron chi connectivity index (χ4n) is 2.87. The van der Waals surface area contributed by atoms with Gasteiger partial charge in [0.2, 0.25) is 0 Å². The molecule has 0 aliphatic carbocycles. The highest BCUT2D eigenvalue weighted by Gasteiger charge is 2.30. The minimum absolute atomic E-state index is 0.0516. The second-order valence-corrected chi connectivity index (χ2v) is 5.95. The summed E-state index contributed by atoms with van der Waals surface area (Å²) in [6.45, 7) is 4.52. The average Bonchev–Trinajstić information content (AvgIpc) is 3.18. The number of hydrogen-bond donors (Lipinski definition) is 1. The summed E-state index contributed by atoms with van der Waals surface area (Å²) in [6, 6.07) is 3.54. The molecule has 1 aliphatic rings. The van der Waals surface area contributed by atoms with Gasteiger partial charge in [-0.2, -0.15) is 4.68 Å². The fourth-order valence-corrected chi connectivity index (χ4v) is 3.06. The first-order valence-corrected chi connectivity index (χ1v) is 8.20. The summed E-state index contributed by atoms with van der Waals surface area (Å²) in [4.78, 5) is 13.5. The van der Waals surface area contributed by atoms with Crippen LogP contribution in [0.15, 0.2) is 27.2 Å². The second kappa shape index (κ2) is 7.10. The van der Waals surface area contributed by atoms with Crippen LogP contribution in [0, 0.1) is 10.8 Å². The van der Waals surface area contributed by atoms with Crippen LogP contribution < -0.4 is 4.90 Å². The Morgan fingerprint density at radius 1 is 1.61 bits per heavy atom. The van der Waals surface area contributed by atoms with Gasteiger partial charge in [0.1, 0.15) is 5.92 Å². The first-order chi connectivity index (χ1) is 11.2. The van der Waals surface area contributed by atoms with Crippen molar-refractivity contribution in [3.05, 3.63) is 23.2 Å². The van der Waals surface area contributed by atoms with Crippen molar-refractivity contribution in [3.63, 3.8) is 0 Å². The molecule has 1 fully saturated rings. The number of furan rings is 1. The monoisotopic (exact) mass is 338 g/mol. The zero-order chi connectivity index (χ0) is 16.2. The Labute approximate surface area is 138 Å². The Morgan fingerprint density at radius 3 is 3.22 bits per heavy atom. The molecule has 124 valence electrons. The second-order valence-electron chi connectivity index (χ2n) is 5.60. The molecule has 1 saturated heterocycles. The van der Waals surface area contributed by atoms with Gasteiger partial charge in [-0.1, -0.05) is 0 Å². The van der Waals surface area contributed by atoms with E-state index in [1.54, 1.807) is 23.1 Å². The van der Waals surface area contributed by atoms with E-state index in [2.05, 4.69) is 5.10 Å². The number of nitrogens with zero attached hydrogens (tertiary/aromatic N) is 2. The average molecular weight is 338 g/mol. The predicted molar refractivity (Wildman–Crippen MR) is 83.1 cm³/mol. The van der Waals surface area contributed by atoms with E-state index in [9.17, 15) is 4.79 Å². The molecule has 0 bridgehead atoms. The van der Waals surface area contributed by atoms with Crippen LogP contribution in [0.2, 0.25) is 0 Å². The van der Waals surface area contributed by atoms with Crippen LogP contribution in [0.1, 0.15) is 19.8 Å². The summed E-state index contributed by atoms with van der Waals surface area (Å²) in [7, 11) is 0. The maximum Gasteiger partial charge on any atom is 0.314 e. The van der Waals surface area contributed by atoms with E-state index in [0.717, 1.165) is 25.9 Å². The first-order valence-electron chi connectivity index (χ1n) is 7.79. The van der Waals surface area contributed by atoms with Gasteiger partial charge in [0, 0.05) is 0 Å². The summed E-state index contributed by atoms with van der Waals surface area (Å²) in [6.07, 6.45) is 3.42. The van der Waals surface area contributed by atoms with Crippen molar-refractivity contribution in [1.82, 2.24) is 9.78 Å². The molecule has 23 heavy (non-hydrogen) atoms. The highest BCUT2D eigenvalue weighted by molar-refractivity contribution is 7.71. The van der Waals surface area contributed by atoms with Gasteiger partial charge >= 0.3 is 5.97 Å². The van der Waals surface area contributed by atoms with Gasteiger partial charge in [-0.15, -0.1) is 5.10 Å². The number of esters is 1. The largest absolute Gasteiger partial charge is 0.466 e. The van der Waals surface area contributed by atoms with Crippen molar-refractivity contribution >= 4 is 18.2 Å². The van der Waals surface area contributed by atoms with E-state index >= 15 is 0 Å². The van der Waals surface area contributed by atoms with Crippen molar-refractivity contribution in [2.45, 2.75) is 26.4 Å². The number of likely N-dealkylation sites (tertiary alicyclic amines) is 1. The number of carbonyl (C=O) groups excluding carboxylic acids is 1. The van der Waals surface area contributed by atoms with Crippen LogP contribution in [0.5, 0.6) is 0 Å². The molecule has 0 amide bonds. The fraction of sp³-hybridized carbons (Fsp3) is 0.533. The molecule has 2 aromatic rings. The van der Waals surface area contributed by atoms with Crippen molar-refractivity contribution in [1.29, 1.82) is 0 Å². The summed E-state index contributed by atoms with van der Waals surface area (Å²) < 4.78 is 17.5. The van der Waals surface area contributed by atoms with Crippen LogP contribution in [0.25, 0.3) is 11.7 Å². The van der Waals surface area contributed by atoms with Gasteiger partial charge in [0.25, 0.3) is 10.7 Å². The first kappa shape index (κ1) is 15.9. The lowest BCUT2D eigenvalue weighted by Gasteiger charge is -2.28. The lowest BCUT2D eigenvalue weighted by Crippen LogP contribution is -3.13. The van der Waals surface area contributed by atoms with E-state index in [-0.39, 0.29) is 11.9 Å². The highest BCUT2D eigenvalue weighted by atomic mass is 32.1. The molecule has 0 spiro atoms. The summed E-state index contributed by atoms with van der Waals surface area (Å²) in [5.41, 5.74) is 0. The summed E-state index contributed by atoms with van der Waals surface area (Å²) in [5, 5.41) is 4.37. The van der Waals surface area contributed by atoms with Crippen molar-refractivity contribution in [2.24, 2.45) is 5.92 Å². The maximum atomic E-state index is 11.9. The topological polar surface area (TPSA) is 74.8 Å². The van der Waals surface area contributed by atoms with E-state index in [0.29, 0.717) is 29.8 Å². The van der Waals surface area contributed by atoms with Crippen LogP contribution in [-0.2, 0) is 16.2 Å². The summed E-state index contributed by atoms with van der Waals surface area (Å²) >= 11 is 5.23. The zero-order valence-corrected chi connectivity index (χ0v) is 13.8. The highest BCUT2D eigenvalue weighted by Crippen LogP contribution is 2.17. The lowest BCUT2D eigenvalue weighted by atomic mass is 9.99. The Kier molecular flexibility index (Phi) is 4.92. The molecule has 0 radical (unpaired) electrons. The summed E-state index contributed by atoms with van der Waals surface area (Å²) in [5.74, 6) is 0.764. The minimum Gasteiger partial charge on any atom is -0.466 e. The Bertz CT molecular complexity index is 707. The number of quaternary nitrogens is 1. The third kappa shape index (κ3) is 3.70. The molecule has 3 heterocycles. The SMILES string of the molecule is CCOC(=O)[C@H]1CCC[NH+](Cn2nc(-c3ccco3)oc2=S)C1. The number of aromatic nitrogens is 2. The van der Waals surface area contributed by atoms with E-state index in [1.165, 1.54) is 4.90 Å². The van der Waals surface area contributed by atoms with Gasteiger partial charge in [-0.3, -0.25) is 4.79 Å². The van der Waals surface area contributed by atoms with E-state index < -0.39 is 0 Å². The van der Waals surface area contributed by atoms with E-state index in [4.69, 9.17) is 25.8 Å². The molecule has 1 aliphatic heterocycles. The molecule has 0 aromatic carbocycles. The standard InChI is InChI=1S/C15H19N3O4S/c1-2-20-14(19)11-5-3-7-17(9-11)10-18-15(23)22-13(16-18)12-6-4-8-21-12/h4,6,8,11H,2-3,5,7,9-10H2,1H3/p+1/t11-/m0/s1.